The van der Waals surface area contributed by atoms with Crippen LogP contribution in [0.1, 0.15) is 17.7 Å². The van der Waals surface area contributed by atoms with E-state index in [2.05, 4.69) is 27.3 Å². The van der Waals surface area contributed by atoms with Gasteiger partial charge in [0.25, 0.3) is 5.91 Å². The molecule has 3 aliphatic rings. The zero-order valence-electron chi connectivity index (χ0n) is 20.1. The second kappa shape index (κ2) is 13.1. The lowest BCUT2D eigenvalue weighted by Gasteiger charge is -2.55. The fourth-order valence-electron chi connectivity index (χ4n) is 3.88. The van der Waals surface area contributed by atoms with Gasteiger partial charge in [0.1, 0.15) is 11.6 Å². The van der Waals surface area contributed by atoms with Gasteiger partial charge in [0.05, 0.1) is 13.2 Å². The molecule has 1 aromatic heterocycles. The molecule has 1 aromatic rings. The van der Waals surface area contributed by atoms with Gasteiger partial charge in [0.2, 0.25) is 0 Å². The van der Waals surface area contributed by atoms with Gasteiger partial charge in [-0.3, -0.25) is 19.4 Å². The number of rotatable bonds is 3. The van der Waals surface area contributed by atoms with Crippen molar-refractivity contribution in [1.29, 1.82) is 0 Å². The lowest BCUT2D eigenvalue weighted by atomic mass is 9.90. The van der Waals surface area contributed by atoms with Gasteiger partial charge < -0.3 is 14.9 Å². The number of hydrogen-bond donors (Lipinski definition) is 2. The van der Waals surface area contributed by atoms with Crippen LogP contribution in [-0.2, 0) is 30.5 Å². The molecule has 3 fully saturated rings. The molecule has 1 atom stereocenters. The van der Waals surface area contributed by atoms with Crippen LogP contribution in [0.5, 0.6) is 0 Å². The molecule has 1 unspecified atom stereocenters. The quantitative estimate of drug-likeness (QED) is 0.521. The molecule has 216 valence electrons. The standard InChI is InChI=1S/C17H25N3O3S.2C2HF3O2/c1-18-11-17(12-19(13-17)9-14-5-4-8-24-14)22-10-15(18)16(21)20-6-2-3-7-23-20;2*3-2(4,5)1(6)7/h4-5,8,15H,2-3,6-7,9-13H2,1H3;2*(H,6,7). The van der Waals surface area contributed by atoms with E-state index >= 15 is 0 Å². The van der Waals surface area contributed by atoms with Crippen molar-refractivity contribution < 1.29 is 60.5 Å². The normalized spacial score (nSPS) is 21.9. The highest BCUT2D eigenvalue weighted by molar-refractivity contribution is 7.09. The molecule has 0 aromatic carbocycles. The fraction of sp³-hybridized carbons (Fsp3) is 0.667. The molecular weight excluding hydrogens is 552 g/mol. The topological polar surface area (TPSA) is 120 Å². The summed E-state index contributed by atoms with van der Waals surface area (Å²) in [7, 11) is 2.03. The number of ether oxygens (including phenoxy) is 1. The number of hydrogen-bond acceptors (Lipinski definition) is 8. The van der Waals surface area contributed by atoms with E-state index in [1.165, 1.54) is 9.94 Å². The first-order chi connectivity index (χ1) is 17.5. The summed E-state index contributed by atoms with van der Waals surface area (Å²) in [5, 5.41) is 17.9. The molecule has 0 radical (unpaired) electrons. The van der Waals surface area contributed by atoms with E-state index in [0.29, 0.717) is 19.8 Å². The largest absolute Gasteiger partial charge is 0.490 e. The molecule has 1 amide bonds. The summed E-state index contributed by atoms with van der Waals surface area (Å²) in [6, 6.07) is 4.05. The molecule has 0 aliphatic carbocycles. The minimum atomic E-state index is -5.08. The summed E-state index contributed by atoms with van der Waals surface area (Å²) >= 11 is 1.80. The van der Waals surface area contributed by atoms with E-state index in [4.69, 9.17) is 29.4 Å². The molecule has 3 aliphatic heterocycles. The Labute approximate surface area is 217 Å². The van der Waals surface area contributed by atoms with Gasteiger partial charge in [-0.25, -0.2) is 14.7 Å². The highest BCUT2D eigenvalue weighted by Gasteiger charge is 2.50. The van der Waals surface area contributed by atoms with E-state index in [-0.39, 0.29) is 17.6 Å². The van der Waals surface area contributed by atoms with Crippen molar-refractivity contribution in [2.75, 3.05) is 46.4 Å². The number of aliphatic carboxylic acids is 2. The Hall–Kier alpha value is -2.47. The molecule has 17 heteroatoms. The molecule has 38 heavy (non-hydrogen) atoms. The Morgan fingerprint density at radius 3 is 2.05 bits per heavy atom. The van der Waals surface area contributed by atoms with Crippen LogP contribution in [0.3, 0.4) is 0 Å². The lowest BCUT2D eigenvalue weighted by Crippen LogP contribution is -2.72. The number of halogens is 6. The van der Waals surface area contributed by atoms with Gasteiger partial charge in [0, 0.05) is 37.6 Å². The van der Waals surface area contributed by atoms with Crippen molar-refractivity contribution in [3.05, 3.63) is 22.4 Å². The SMILES string of the molecule is CN1CC2(CN(Cc3cccs3)C2)OCC1C(=O)N1CCCCO1.O=C(O)C(F)(F)F.O=C(O)C(F)(F)F. The van der Waals surface area contributed by atoms with Crippen LogP contribution in [-0.4, -0.2) is 113 Å². The van der Waals surface area contributed by atoms with Crippen molar-refractivity contribution in [1.82, 2.24) is 14.9 Å². The van der Waals surface area contributed by atoms with E-state index in [0.717, 1.165) is 39.0 Å². The second-order valence-corrected chi connectivity index (χ2v) is 9.77. The maximum Gasteiger partial charge on any atom is 0.490 e. The van der Waals surface area contributed by atoms with Crippen molar-refractivity contribution >= 4 is 29.2 Å². The first-order valence-electron chi connectivity index (χ1n) is 11.2. The zero-order chi connectivity index (χ0) is 28.7. The third kappa shape index (κ3) is 9.37. The summed E-state index contributed by atoms with van der Waals surface area (Å²) in [5.74, 6) is -5.47. The maximum atomic E-state index is 12.6. The second-order valence-electron chi connectivity index (χ2n) is 8.74. The molecule has 4 rings (SSSR count). The van der Waals surface area contributed by atoms with Crippen LogP contribution in [0.2, 0.25) is 0 Å². The first-order valence-corrected chi connectivity index (χ1v) is 12.1. The number of thiophene rings is 1. The van der Waals surface area contributed by atoms with Crippen molar-refractivity contribution in [3.8, 4) is 0 Å². The summed E-state index contributed by atoms with van der Waals surface area (Å²) in [6.07, 6.45) is -8.12. The van der Waals surface area contributed by atoms with Crippen molar-refractivity contribution in [3.63, 3.8) is 0 Å². The van der Waals surface area contributed by atoms with E-state index in [1.54, 1.807) is 11.3 Å². The number of nitrogens with zero attached hydrogens (tertiary/aromatic N) is 3. The third-order valence-electron chi connectivity index (χ3n) is 5.62. The number of likely N-dealkylation sites (tertiary alicyclic amines) is 1. The van der Waals surface area contributed by atoms with E-state index in [1.807, 2.05) is 7.05 Å². The summed E-state index contributed by atoms with van der Waals surface area (Å²) < 4.78 is 69.6. The molecule has 3 saturated heterocycles. The highest BCUT2D eigenvalue weighted by atomic mass is 32.1. The van der Waals surface area contributed by atoms with Gasteiger partial charge in [-0.2, -0.15) is 26.3 Å². The molecule has 0 bridgehead atoms. The Morgan fingerprint density at radius 2 is 1.63 bits per heavy atom. The Balaban J connectivity index is 0.000000301. The van der Waals surface area contributed by atoms with Crippen LogP contribution in [0.25, 0.3) is 0 Å². The molecule has 10 nitrogen and oxygen atoms in total. The third-order valence-corrected chi connectivity index (χ3v) is 6.48. The predicted molar refractivity (Wildman–Crippen MR) is 119 cm³/mol. The number of carbonyl (C=O) groups is 3. The summed E-state index contributed by atoms with van der Waals surface area (Å²) in [6.45, 7) is 5.48. The summed E-state index contributed by atoms with van der Waals surface area (Å²) in [5.41, 5.74) is -0.106. The predicted octanol–water partition coefficient (Wildman–Crippen LogP) is 2.45. The van der Waals surface area contributed by atoms with Crippen LogP contribution >= 0.6 is 11.3 Å². The van der Waals surface area contributed by atoms with Gasteiger partial charge >= 0.3 is 24.3 Å². The lowest BCUT2D eigenvalue weighted by molar-refractivity contribution is -0.224. The number of carboxylic acid groups (broad SMARTS) is 2. The zero-order valence-corrected chi connectivity index (χ0v) is 20.9. The first kappa shape index (κ1) is 31.7. The number of hydroxylamine groups is 2. The fourth-order valence-corrected chi connectivity index (χ4v) is 4.63. The van der Waals surface area contributed by atoms with E-state index in [9.17, 15) is 31.1 Å². The number of amides is 1. The number of carboxylic acids is 2. The highest BCUT2D eigenvalue weighted by Crippen LogP contribution is 2.32. The Kier molecular flexibility index (Phi) is 10.9. The average Bonchev–Trinajstić information content (AvgIpc) is 3.31. The minimum Gasteiger partial charge on any atom is -0.475 e. The number of carbonyl (C=O) groups excluding carboxylic acids is 1. The van der Waals surface area contributed by atoms with Crippen LogP contribution < -0.4 is 0 Å². The van der Waals surface area contributed by atoms with Gasteiger partial charge in [-0.15, -0.1) is 11.3 Å². The number of alkyl halides is 6. The van der Waals surface area contributed by atoms with Crippen LogP contribution in [0.4, 0.5) is 26.3 Å². The monoisotopic (exact) mass is 579 g/mol. The molecular formula is C21H27F6N3O7S. The summed E-state index contributed by atoms with van der Waals surface area (Å²) in [4.78, 5) is 41.9. The van der Waals surface area contributed by atoms with Gasteiger partial charge in [0.15, 0.2) is 0 Å². The number of likely N-dealkylation sites (N-methyl/N-ethyl adjacent to an activating group) is 1. The molecule has 2 N–H and O–H groups in total. The molecule has 0 saturated carbocycles. The Bertz CT molecular complexity index is 909. The number of morpholine rings is 1. The maximum absolute atomic E-state index is 12.6. The van der Waals surface area contributed by atoms with Crippen LogP contribution in [0.15, 0.2) is 17.5 Å². The van der Waals surface area contributed by atoms with Gasteiger partial charge in [-0.05, 0) is 31.3 Å². The Morgan fingerprint density at radius 1 is 1.05 bits per heavy atom. The minimum absolute atomic E-state index is 0.0433. The van der Waals surface area contributed by atoms with Crippen molar-refractivity contribution in [2.45, 2.75) is 43.4 Å². The van der Waals surface area contributed by atoms with Crippen molar-refractivity contribution in [2.24, 2.45) is 0 Å². The average molecular weight is 580 g/mol. The van der Waals surface area contributed by atoms with Crippen LogP contribution in [0, 0.1) is 0 Å². The molecule has 4 heterocycles. The smallest absolute Gasteiger partial charge is 0.475 e. The van der Waals surface area contributed by atoms with Gasteiger partial charge in [-0.1, -0.05) is 6.07 Å². The molecule has 1 spiro atoms. The van der Waals surface area contributed by atoms with E-state index < -0.39 is 24.3 Å².